The van der Waals surface area contributed by atoms with Crippen LogP contribution < -0.4 is 22.1 Å². The number of nitrogens with two attached hydrogens (primary N) is 2. The molecule has 33 heavy (non-hydrogen) atoms. The molecule has 2 aromatic carbocycles. The molecule has 2 heterocycles. The van der Waals surface area contributed by atoms with Crippen LogP contribution in [0.2, 0.25) is 0 Å². The number of fused-ring (bicyclic) bond motifs is 1. The standard InChI is InChI=1S/C24H23N5O3S/c25-11-14-2-1-3-18(10-14)29-24(32)28-17-7-4-15(5-8-17)19-13-33-22-16(6-9-20(30)31)12-27-23(26)21(19)22/h1-5,7-8,10,12-13H,6,9,11,25H2,(H2,26,27)(H,30,31)(H2,28,29,32). The number of hydrogen-bond acceptors (Lipinski definition) is 6. The van der Waals surface area contributed by atoms with E-state index in [1.807, 2.05) is 47.8 Å². The number of amides is 2. The van der Waals surface area contributed by atoms with Crippen LogP contribution in [0.3, 0.4) is 0 Å². The van der Waals surface area contributed by atoms with Crippen LogP contribution in [0.25, 0.3) is 21.2 Å². The highest BCUT2D eigenvalue weighted by atomic mass is 32.1. The van der Waals surface area contributed by atoms with Crippen molar-refractivity contribution in [2.45, 2.75) is 19.4 Å². The van der Waals surface area contributed by atoms with Crippen molar-refractivity contribution in [2.24, 2.45) is 5.73 Å². The molecule has 0 bridgehead atoms. The van der Waals surface area contributed by atoms with Crippen molar-refractivity contribution in [1.29, 1.82) is 0 Å². The van der Waals surface area contributed by atoms with E-state index in [0.29, 0.717) is 30.2 Å². The summed E-state index contributed by atoms with van der Waals surface area (Å²) in [6.45, 7) is 0.400. The Labute approximate surface area is 194 Å². The lowest BCUT2D eigenvalue weighted by Crippen LogP contribution is -2.19. The minimum absolute atomic E-state index is 0.0346. The van der Waals surface area contributed by atoms with Crippen molar-refractivity contribution in [2.75, 3.05) is 16.4 Å². The van der Waals surface area contributed by atoms with E-state index in [1.165, 1.54) is 11.3 Å². The Kier molecular flexibility index (Phi) is 6.53. The number of nitrogens with zero attached hydrogens (tertiary/aromatic N) is 1. The normalized spacial score (nSPS) is 10.8. The second-order valence-corrected chi connectivity index (χ2v) is 8.36. The highest BCUT2D eigenvalue weighted by molar-refractivity contribution is 7.18. The van der Waals surface area contributed by atoms with Gasteiger partial charge in [0.05, 0.1) is 0 Å². The number of nitrogen functional groups attached to an aromatic ring is 1. The summed E-state index contributed by atoms with van der Waals surface area (Å²) in [4.78, 5) is 27.6. The number of rotatable bonds is 7. The number of urea groups is 1. The highest BCUT2D eigenvalue weighted by Gasteiger charge is 2.15. The van der Waals surface area contributed by atoms with E-state index >= 15 is 0 Å². The summed E-state index contributed by atoms with van der Waals surface area (Å²) >= 11 is 1.52. The third-order valence-electron chi connectivity index (χ3n) is 5.18. The van der Waals surface area contributed by atoms with Crippen molar-refractivity contribution >= 4 is 50.6 Å². The lowest BCUT2D eigenvalue weighted by Gasteiger charge is -2.10. The van der Waals surface area contributed by atoms with Crippen LogP contribution >= 0.6 is 11.3 Å². The molecule has 0 fully saturated rings. The van der Waals surface area contributed by atoms with Crippen molar-refractivity contribution < 1.29 is 14.7 Å². The lowest BCUT2D eigenvalue weighted by molar-refractivity contribution is -0.136. The summed E-state index contributed by atoms with van der Waals surface area (Å²) in [5, 5.41) is 17.4. The first-order chi connectivity index (χ1) is 15.9. The second kappa shape index (κ2) is 9.68. The molecule has 7 N–H and O–H groups in total. The van der Waals surface area contributed by atoms with Gasteiger partial charge in [0.15, 0.2) is 0 Å². The Balaban J connectivity index is 1.51. The fraction of sp³-hybridized carbons (Fsp3) is 0.125. The Morgan fingerprint density at radius 3 is 2.55 bits per heavy atom. The molecule has 2 amide bonds. The van der Waals surface area contributed by atoms with E-state index in [4.69, 9.17) is 16.6 Å². The Bertz CT molecular complexity index is 1320. The fourth-order valence-corrected chi connectivity index (χ4v) is 4.68. The maximum atomic E-state index is 12.3. The van der Waals surface area contributed by atoms with Gasteiger partial charge >= 0.3 is 12.0 Å². The number of aryl methyl sites for hydroxylation is 1. The molecule has 0 aliphatic rings. The van der Waals surface area contributed by atoms with E-state index in [0.717, 1.165) is 32.3 Å². The van der Waals surface area contributed by atoms with Crippen LogP contribution in [-0.4, -0.2) is 22.1 Å². The first-order valence-electron chi connectivity index (χ1n) is 10.3. The number of aliphatic carboxylic acids is 1. The molecule has 8 nitrogen and oxygen atoms in total. The monoisotopic (exact) mass is 461 g/mol. The average Bonchev–Trinajstić information content (AvgIpc) is 3.25. The van der Waals surface area contributed by atoms with Gasteiger partial charge in [-0.15, -0.1) is 11.3 Å². The van der Waals surface area contributed by atoms with E-state index in [-0.39, 0.29) is 12.5 Å². The van der Waals surface area contributed by atoms with Gasteiger partial charge in [0.2, 0.25) is 0 Å². The van der Waals surface area contributed by atoms with Gasteiger partial charge < -0.3 is 27.2 Å². The maximum absolute atomic E-state index is 12.3. The van der Waals surface area contributed by atoms with Crippen molar-refractivity contribution in [3.8, 4) is 11.1 Å². The Hall–Kier alpha value is -3.95. The molecule has 0 atom stereocenters. The van der Waals surface area contributed by atoms with Gasteiger partial charge in [-0.25, -0.2) is 9.78 Å². The van der Waals surface area contributed by atoms with Gasteiger partial charge in [-0.1, -0.05) is 24.3 Å². The van der Waals surface area contributed by atoms with Crippen LogP contribution in [0.1, 0.15) is 17.5 Å². The second-order valence-electron chi connectivity index (χ2n) is 7.48. The number of hydrogen-bond donors (Lipinski definition) is 5. The topological polar surface area (TPSA) is 143 Å². The van der Waals surface area contributed by atoms with Gasteiger partial charge in [0.25, 0.3) is 0 Å². The molecule has 0 spiro atoms. The molecule has 0 saturated heterocycles. The number of carbonyl (C=O) groups is 2. The number of carbonyl (C=O) groups excluding carboxylic acids is 1. The third kappa shape index (κ3) is 5.11. The quantitative estimate of drug-likeness (QED) is 0.271. The molecule has 0 unspecified atom stereocenters. The smallest absolute Gasteiger partial charge is 0.323 e. The van der Waals surface area contributed by atoms with Gasteiger partial charge in [-0.2, -0.15) is 0 Å². The zero-order chi connectivity index (χ0) is 23.4. The molecule has 2 aromatic heterocycles. The molecule has 0 saturated carbocycles. The summed E-state index contributed by atoms with van der Waals surface area (Å²) in [5.41, 5.74) is 16.7. The number of pyridine rings is 1. The number of carboxylic acids is 1. The maximum Gasteiger partial charge on any atom is 0.323 e. The van der Waals surface area contributed by atoms with E-state index < -0.39 is 5.97 Å². The summed E-state index contributed by atoms with van der Waals surface area (Å²) in [7, 11) is 0. The van der Waals surface area contributed by atoms with Crippen LogP contribution in [0.5, 0.6) is 0 Å². The van der Waals surface area contributed by atoms with Gasteiger partial charge in [0, 0.05) is 46.2 Å². The number of benzene rings is 2. The number of nitrogens with one attached hydrogen (secondary N) is 2. The van der Waals surface area contributed by atoms with Crippen LogP contribution in [0, 0.1) is 0 Å². The summed E-state index contributed by atoms with van der Waals surface area (Å²) in [6, 6.07) is 14.4. The molecule has 0 aliphatic heterocycles. The molecular weight excluding hydrogens is 438 g/mol. The molecule has 9 heteroatoms. The first kappa shape index (κ1) is 22.3. The van der Waals surface area contributed by atoms with Gasteiger partial charge in [0.1, 0.15) is 5.82 Å². The number of thiophene rings is 1. The minimum atomic E-state index is -0.851. The largest absolute Gasteiger partial charge is 0.481 e. The summed E-state index contributed by atoms with van der Waals surface area (Å²) in [6.07, 6.45) is 2.08. The number of carboxylic acid groups (broad SMARTS) is 1. The predicted octanol–water partition coefficient (Wildman–Crippen LogP) is 4.67. The molecule has 0 radical (unpaired) electrons. The van der Waals surface area contributed by atoms with E-state index in [9.17, 15) is 9.59 Å². The Morgan fingerprint density at radius 2 is 1.82 bits per heavy atom. The van der Waals surface area contributed by atoms with Gasteiger partial charge in [-0.05, 0) is 52.8 Å². The minimum Gasteiger partial charge on any atom is -0.481 e. The van der Waals surface area contributed by atoms with Crippen LogP contribution in [-0.2, 0) is 17.8 Å². The molecule has 0 aliphatic carbocycles. The lowest BCUT2D eigenvalue weighted by atomic mass is 10.0. The zero-order valence-electron chi connectivity index (χ0n) is 17.7. The van der Waals surface area contributed by atoms with Crippen LogP contribution in [0.15, 0.2) is 60.1 Å². The predicted molar refractivity (Wildman–Crippen MR) is 132 cm³/mol. The number of aromatic nitrogens is 1. The van der Waals surface area contributed by atoms with Crippen molar-refractivity contribution in [3.05, 3.63) is 71.2 Å². The molecule has 4 rings (SSSR count). The Morgan fingerprint density at radius 1 is 1.06 bits per heavy atom. The third-order valence-corrected chi connectivity index (χ3v) is 6.24. The number of anilines is 3. The van der Waals surface area contributed by atoms with E-state index in [2.05, 4.69) is 15.6 Å². The van der Waals surface area contributed by atoms with Crippen molar-refractivity contribution in [3.63, 3.8) is 0 Å². The zero-order valence-corrected chi connectivity index (χ0v) is 18.5. The summed E-state index contributed by atoms with van der Waals surface area (Å²) < 4.78 is 0.944. The first-order valence-corrected chi connectivity index (χ1v) is 11.2. The highest BCUT2D eigenvalue weighted by Crippen LogP contribution is 2.39. The molecular formula is C24H23N5O3S. The van der Waals surface area contributed by atoms with Crippen molar-refractivity contribution in [1.82, 2.24) is 4.98 Å². The molecule has 4 aromatic rings. The average molecular weight is 462 g/mol. The van der Waals surface area contributed by atoms with Gasteiger partial charge in [-0.3, -0.25) is 4.79 Å². The van der Waals surface area contributed by atoms with E-state index in [1.54, 1.807) is 12.3 Å². The molecule has 168 valence electrons. The van der Waals surface area contributed by atoms with Crippen LogP contribution in [0.4, 0.5) is 22.0 Å². The summed E-state index contributed by atoms with van der Waals surface area (Å²) in [5.74, 6) is -0.447. The SMILES string of the molecule is NCc1cccc(NC(=O)Nc2ccc(-c3csc4c(CCC(=O)O)cnc(N)c34)cc2)c1. The fourth-order valence-electron chi connectivity index (χ4n) is 3.55.